The highest BCUT2D eigenvalue weighted by Crippen LogP contribution is 2.27. The van der Waals surface area contributed by atoms with Crippen LogP contribution in [0.3, 0.4) is 0 Å². The molecule has 0 spiro atoms. The van der Waals surface area contributed by atoms with Crippen molar-refractivity contribution in [1.82, 2.24) is 0 Å². The van der Waals surface area contributed by atoms with Crippen LogP contribution in [0.25, 0.3) is 0 Å². The van der Waals surface area contributed by atoms with E-state index in [0.717, 1.165) is 64.2 Å². The molecule has 0 aromatic carbocycles. The Bertz CT molecular complexity index is 1380. The smallest absolute Gasteiger partial charge is 0.306 e. The SMILES string of the molecule is CCCCC/C=C/C/C=C/C/C=C/CCCCCCC(=O)OC[C@H](CO[C@H]1O[C@@H](CO[C@H]2O[C@@H](CO)[C@@H](O)C(O)C2O)[C@@H](O)C(O)C1O)OC(=O)CCCCCCCCCCCCCCCCCCCC. The summed E-state index contributed by atoms with van der Waals surface area (Å²) in [4.78, 5) is 25.8. The van der Waals surface area contributed by atoms with E-state index in [0.29, 0.717) is 12.8 Å². The maximum atomic E-state index is 13.0. The minimum absolute atomic E-state index is 0.163. The summed E-state index contributed by atoms with van der Waals surface area (Å²) < 4.78 is 33.6. The molecule has 2 heterocycles. The van der Waals surface area contributed by atoms with Gasteiger partial charge < -0.3 is 64.2 Å². The van der Waals surface area contributed by atoms with Crippen molar-refractivity contribution >= 4 is 11.9 Å². The van der Waals surface area contributed by atoms with Crippen LogP contribution in [0.2, 0.25) is 0 Å². The third-order valence-electron chi connectivity index (χ3n) is 13.4. The second kappa shape index (κ2) is 43.0. The topological polar surface area (TPSA) is 231 Å². The molecule has 2 aliphatic heterocycles. The molecule has 2 aliphatic rings. The number of hydrogen-bond acceptors (Lipinski definition) is 15. The molecule has 0 bridgehead atoms. The molecule has 2 fully saturated rings. The van der Waals surface area contributed by atoms with Crippen molar-refractivity contribution in [3.05, 3.63) is 36.5 Å². The molecule has 15 heteroatoms. The van der Waals surface area contributed by atoms with E-state index in [1.54, 1.807) is 0 Å². The fourth-order valence-electron chi connectivity index (χ4n) is 8.75. The number of aliphatic hydroxyl groups is 7. The van der Waals surface area contributed by atoms with Crippen molar-refractivity contribution in [1.29, 1.82) is 0 Å². The van der Waals surface area contributed by atoms with Crippen LogP contribution in [-0.2, 0) is 38.0 Å². The van der Waals surface area contributed by atoms with Gasteiger partial charge in [-0.25, -0.2) is 0 Å². The Hall–Kier alpha value is -2.28. The number of carbonyl (C=O) groups is 2. The lowest BCUT2D eigenvalue weighted by Crippen LogP contribution is -2.61. The largest absolute Gasteiger partial charge is 0.462 e. The molecule has 71 heavy (non-hydrogen) atoms. The zero-order chi connectivity index (χ0) is 51.7. The van der Waals surface area contributed by atoms with Gasteiger partial charge in [0.05, 0.1) is 19.8 Å². The fourth-order valence-corrected chi connectivity index (χ4v) is 8.75. The highest BCUT2D eigenvalue weighted by molar-refractivity contribution is 5.70. The van der Waals surface area contributed by atoms with Crippen LogP contribution >= 0.6 is 0 Å². The number of rotatable bonds is 44. The van der Waals surface area contributed by atoms with E-state index in [4.69, 9.17) is 28.4 Å². The number of aliphatic hydroxyl groups excluding tert-OH is 7. The molecule has 2 rings (SSSR count). The van der Waals surface area contributed by atoms with Crippen molar-refractivity contribution in [3.8, 4) is 0 Å². The molecule has 7 N–H and O–H groups in total. The van der Waals surface area contributed by atoms with Crippen molar-refractivity contribution in [3.63, 3.8) is 0 Å². The van der Waals surface area contributed by atoms with Gasteiger partial charge in [0, 0.05) is 12.8 Å². The molecule has 2 saturated heterocycles. The van der Waals surface area contributed by atoms with E-state index in [1.807, 2.05) is 0 Å². The summed E-state index contributed by atoms with van der Waals surface area (Å²) in [6, 6.07) is 0. The predicted octanol–water partition coefficient (Wildman–Crippen LogP) is 8.88. The van der Waals surface area contributed by atoms with Gasteiger partial charge in [0.25, 0.3) is 0 Å². The highest BCUT2D eigenvalue weighted by atomic mass is 16.7. The Morgan fingerprint density at radius 1 is 0.451 bits per heavy atom. The van der Waals surface area contributed by atoms with Gasteiger partial charge in [-0.2, -0.15) is 0 Å². The monoisotopic (exact) mass is 1010 g/mol. The number of hydrogen-bond donors (Lipinski definition) is 7. The average Bonchev–Trinajstić information content (AvgIpc) is 3.36. The minimum atomic E-state index is -1.77. The molecule has 0 amide bonds. The quantitative estimate of drug-likeness (QED) is 0.0172. The van der Waals surface area contributed by atoms with Gasteiger partial charge in [-0.05, 0) is 51.4 Å². The van der Waals surface area contributed by atoms with Crippen molar-refractivity contribution in [2.75, 3.05) is 26.4 Å². The Kier molecular flexibility index (Phi) is 39.3. The second-order valence-corrected chi connectivity index (χ2v) is 19.8. The lowest BCUT2D eigenvalue weighted by molar-refractivity contribution is -0.332. The Labute approximate surface area is 427 Å². The summed E-state index contributed by atoms with van der Waals surface area (Å²) >= 11 is 0. The zero-order valence-corrected chi connectivity index (χ0v) is 44.0. The third kappa shape index (κ3) is 30.6. The van der Waals surface area contributed by atoms with Gasteiger partial charge in [-0.15, -0.1) is 0 Å². The number of carbonyl (C=O) groups excluding carboxylic acids is 2. The molecule has 0 aromatic rings. The van der Waals surface area contributed by atoms with Crippen molar-refractivity contribution in [2.45, 2.75) is 280 Å². The Morgan fingerprint density at radius 2 is 0.845 bits per heavy atom. The standard InChI is InChI=1S/C56H100O15/c1-3-5-7-9-11-13-15-17-19-21-23-25-27-29-31-33-35-37-39-48(59)69-44(41-66-47(58)38-36-34-32-30-28-26-24-22-20-18-16-14-12-10-8-6-4-2)42-67-55-54(65)52(63)50(61)46(71-55)43-68-56-53(64)51(62)49(60)45(40-57)70-56/h12,14,18,20,24,26,44-46,49-57,60-65H,3-11,13,15-17,19,21-23,25,27-43H2,1-2H3/b14-12+,20-18+,26-24+/t44-,45+,46+,49-,50-,51?,52?,53?,54?,55+,56+/m1/s1. The first-order chi connectivity index (χ1) is 34.5. The van der Waals surface area contributed by atoms with E-state index in [-0.39, 0.29) is 26.1 Å². The van der Waals surface area contributed by atoms with E-state index in [2.05, 4.69) is 50.3 Å². The van der Waals surface area contributed by atoms with E-state index in [1.165, 1.54) is 109 Å². The second-order valence-electron chi connectivity index (χ2n) is 19.8. The molecule has 0 aliphatic carbocycles. The number of allylic oxidation sites excluding steroid dienone is 6. The minimum Gasteiger partial charge on any atom is -0.462 e. The summed E-state index contributed by atoms with van der Waals surface area (Å²) in [5.41, 5.74) is 0. The summed E-state index contributed by atoms with van der Waals surface area (Å²) in [7, 11) is 0. The first-order valence-corrected chi connectivity index (χ1v) is 28.1. The molecule has 0 aromatic heterocycles. The summed E-state index contributed by atoms with van der Waals surface area (Å²) in [6.07, 6.45) is 30.2. The van der Waals surface area contributed by atoms with Crippen LogP contribution in [0.4, 0.5) is 0 Å². The normalized spacial score (nSPS) is 25.4. The third-order valence-corrected chi connectivity index (χ3v) is 13.4. The van der Waals surface area contributed by atoms with E-state index in [9.17, 15) is 45.3 Å². The number of esters is 2. The molecule has 11 atom stereocenters. The van der Waals surface area contributed by atoms with Gasteiger partial charge in [-0.1, -0.05) is 185 Å². The maximum absolute atomic E-state index is 13.0. The zero-order valence-electron chi connectivity index (χ0n) is 44.0. The van der Waals surface area contributed by atoms with Gasteiger partial charge in [-0.3, -0.25) is 9.59 Å². The molecule has 15 nitrogen and oxygen atoms in total. The van der Waals surface area contributed by atoms with Crippen LogP contribution in [0, 0.1) is 0 Å². The van der Waals surface area contributed by atoms with Crippen LogP contribution in [-0.4, -0.2) is 142 Å². The van der Waals surface area contributed by atoms with Crippen molar-refractivity contribution in [2.24, 2.45) is 0 Å². The average molecular weight is 1010 g/mol. The van der Waals surface area contributed by atoms with Gasteiger partial charge in [0.2, 0.25) is 0 Å². The lowest BCUT2D eigenvalue weighted by atomic mass is 9.98. The number of ether oxygens (including phenoxy) is 6. The Morgan fingerprint density at radius 3 is 1.35 bits per heavy atom. The van der Waals surface area contributed by atoms with Crippen LogP contribution in [0.5, 0.6) is 0 Å². The van der Waals surface area contributed by atoms with Crippen LogP contribution in [0.1, 0.15) is 213 Å². The summed E-state index contributed by atoms with van der Waals surface area (Å²) in [6.45, 7) is 2.57. The first-order valence-electron chi connectivity index (χ1n) is 28.1. The molecular formula is C56H100O15. The lowest BCUT2D eigenvalue weighted by Gasteiger charge is -2.42. The van der Waals surface area contributed by atoms with Crippen molar-refractivity contribution < 1.29 is 73.8 Å². The van der Waals surface area contributed by atoms with Gasteiger partial charge in [0.1, 0.15) is 55.4 Å². The highest BCUT2D eigenvalue weighted by Gasteiger charge is 2.47. The summed E-state index contributed by atoms with van der Waals surface area (Å²) in [5.74, 6) is -0.942. The number of unbranched alkanes of at least 4 members (excludes halogenated alkanes) is 24. The van der Waals surface area contributed by atoms with Gasteiger partial charge >= 0.3 is 11.9 Å². The molecule has 414 valence electrons. The fraction of sp³-hybridized carbons (Fsp3) is 0.857. The summed E-state index contributed by atoms with van der Waals surface area (Å²) in [5, 5.41) is 72.2. The molecule has 0 radical (unpaired) electrons. The predicted molar refractivity (Wildman–Crippen MR) is 275 cm³/mol. The molecule has 0 saturated carbocycles. The molecule has 4 unspecified atom stereocenters. The van der Waals surface area contributed by atoms with Gasteiger partial charge in [0.15, 0.2) is 18.7 Å². The Balaban J connectivity index is 1.78. The first kappa shape index (κ1) is 64.8. The molecular weight excluding hydrogens is 913 g/mol. The van der Waals surface area contributed by atoms with E-state index < -0.39 is 92.7 Å². The van der Waals surface area contributed by atoms with Crippen LogP contribution in [0.15, 0.2) is 36.5 Å². The van der Waals surface area contributed by atoms with E-state index >= 15 is 0 Å². The van der Waals surface area contributed by atoms with Crippen LogP contribution < -0.4 is 0 Å². The maximum Gasteiger partial charge on any atom is 0.306 e.